The van der Waals surface area contributed by atoms with Crippen LogP contribution in [0.2, 0.25) is 0 Å². The van der Waals surface area contributed by atoms with Gasteiger partial charge in [0.15, 0.2) is 15.6 Å². The van der Waals surface area contributed by atoms with Crippen molar-refractivity contribution in [1.82, 2.24) is 20.3 Å². The molecule has 0 bridgehead atoms. The van der Waals surface area contributed by atoms with Crippen molar-refractivity contribution >= 4 is 15.9 Å². The molecule has 9 heteroatoms. The number of aromatic nitrogens is 1. The van der Waals surface area contributed by atoms with Crippen LogP contribution in [0, 0.1) is 6.92 Å². The highest BCUT2D eigenvalue weighted by Gasteiger charge is 2.31. The predicted molar refractivity (Wildman–Crippen MR) is 83.7 cm³/mol. The van der Waals surface area contributed by atoms with Crippen molar-refractivity contribution in [3.05, 3.63) is 17.5 Å². The van der Waals surface area contributed by atoms with Crippen LogP contribution >= 0.6 is 0 Å². The van der Waals surface area contributed by atoms with Gasteiger partial charge in [-0.25, -0.2) is 13.2 Å². The number of piperazine rings is 1. The van der Waals surface area contributed by atoms with Crippen molar-refractivity contribution < 1.29 is 17.7 Å². The summed E-state index contributed by atoms with van der Waals surface area (Å²) in [5, 5.41) is 6.70. The molecular formula is C14H22N4O4S. The van der Waals surface area contributed by atoms with Crippen LogP contribution < -0.4 is 5.32 Å². The molecule has 0 aliphatic carbocycles. The molecule has 3 rings (SSSR count). The average Bonchev–Trinajstić information content (AvgIpc) is 3.05. The van der Waals surface area contributed by atoms with E-state index in [4.69, 9.17) is 4.52 Å². The van der Waals surface area contributed by atoms with Crippen LogP contribution in [0.5, 0.6) is 0 Å². The van der Waals surface area contributed by atoms with Gasteiger partial charge in [0.2, 0.25) is 0 Å². The van der Waals surface area contributed by atoms with Crippen LogP contribution in [0.25, 0.3) is 0 Å². The molecule has 1 aromatic heterocycles. The van der Waals surface area contributed by atoms with E-state index in [1.807, 2.05) is 13.0 Å². The Morgan fingerprint density at radius 2 is 2.13 bits per heavy atom. The lowest BCUT2D eigenvalue weighted by molar-refractivity contribution is 0.126. The molecule has 2 aliphatic heterocycles. The quantitative estimate of drug-likeness (QED) is 0.830. The van der Waals surface area contributed by atoms with Crippen molar-refractivity contribution in [3.8, 4) is 0 Å². The number of hydrogen-bond donors (Lipinski definition) is 1. The molecule has 2 amide bonds. The minimum absolute atomic E-state index is 0.0591. The van der Waals surface area contributed by atoms with E-state index in [0.717, 1.165) is 24.5 Å². The Kier molecular flexibility index (Phi) is 4.58. The summed E-state index contributed by atoms with van der Waals surface area (Å²) < 4.78 is 28.1. The molecule has 0 saturated carbocycles. The van der Waals surface area contributed by atoms with Crippen LogP contribution in [0.1, 0.15) is 17.9 Å². The number of sulfone groups is 1. The number of carbonyl (C=O) groups excluding carboxylic acids is 1. The molecule has 3 heterocycles. The maximum Gasteiger partial charge on any atom is 0.317 e. The van der Waals surface area contributed by atoms with E-state index < -0.39 is 9.84 Å². The molecule has 2 saturated heterocycles. The minimum atomic E-state index is -2.97. The summed E-state index contributed by atoms with van der Waals surface area (Å²) in [7, 11) is -2.97. The lowest BCUT2D eigenvalue weighted by atomic mass is 10.2. The zero-order chi connectivity index (χ0) is 16.4. The standard InChI is InChI=1S/C14H22N4O4S/c1-11-8-13(22-16-11)9-17-3-5-18(6-4-17)14(19)15-12-2-7-23(20,21)10-12/h8,12H,2-7,9-10H2,1H3,(H,15,19)/t12-/m0/s1. The fourth-order valence-electron chi connectivity index (χ4n) is 3.00. The Morgan fingerprint density at radius 1 is 1.39 bits per heavy atom. The number of rotatable bonds is 3. The number of nitrogens with one attached hydrogen (secondary N) is 1. The number of nitrogens with zero attached hydrogens (tertiary/aromatic N) is 3. The molecule has 8 nitrogen and oxygen atoms in total. The van der Waals surface area contributed by atoms with E-state index in [9.17, 15) is 13.2 Å². The van der Waals surface area contributed by atoms with Gasteiger partial charge in [-0.15, -0.1) is 0 Å². The molecule has 128 valence electrons. The Labute approximate surface area is 135 Å². The van der Waals surface area contributed by atoms with Crippen molar-refractivity contribution in [2.75, 3.05) is 37.7 Å². The second-order valence-corrected chi connectivity index (χ2v) is 8.48. The summed E-state index contributed by atoms with van der Waals surface area (Å²) in [5.74, 6) is 1.06. The van der Waals surface area contributed by atoms with Gasteiger partial charge >= 0.3 is 6.03 Å². The first kappa shape index (κ1) is 16.3. The van der Waals surface area contributed by atoms with Crippen LogP contribution in [0.3, 0.4) is 0 Å². The monoisotopic (exact) mass is 342 g/mol. The summed E-state index contributed by atoms with van der Waals surface area (Å²) in [6, 6.07) is 1.50. The predicted octanol–water partition coefficient (Wildman–Crippen LogP) is -0.00268. The molecule has 1 atom stereocenters. The van der Waals surface area contributed by atoms with Gasteiger partial charge in [-0.05, 0) is 13.3 Å². The largest absolute Gasteiger partial charge is 0.360 e. The SMILES string of the molecule is Cc1cc(CN2CCN(C(=O)N[C@H]3CCS(=O)(=O)C3)CC2)on1. The van der Waals surface area contributed by atoms with Gasteiger partial charge in [-0.3, -0.25) is 4.90 Å². The highest BCUT2D eigenvalue weighted by atomic mass is 32.2. The van der Waals surface area contributed by atoms with Crippen LogP contribution in [0.15, 0.2) is 10.6 Å². The van der Waals surface area contributed by atoms with Crippen LogP contribution in [-0.2, 0) is 16.4 Å². The normalized spacial score (nSPS) is 24.7. The van der Waals surface area contributed by atoms with E-state index in [1.165, 1.54) is 0 Å². The summed E-state index contributed by atoms with van der Waals surface area (Å²) >= 11 is 0. The van der Waals surface area contributed by atoms with Crippen LogP contribution in [0.4, 0.5) is 4.79 Å². The second-order valence-electron chi connectivity index (χ2n) is 6.25. The number of carbonyl (C=O) groups is 1. The van der Waals surface area contributed by atoms with Crippen molar-refractivity contribution in [1.29, 1.82) is 0 Å². The van der Waals surface area contributed by atoms with E-state index in [1.54, 1.807) is 4.90 Å². The first-order valence-corrected chi connectivity index (χ1v) is 9.64. The summed E-state index contributed by atoms with van der Waals surface area (Å²) in [6.45, 7) is 5.35. The van der Waals surface area contributed by atoms with Gasteiger partial charge in [0.1, 0.15) is 0 Å². The molecule has 0 radical (unpaired) electrons. The molecule has 0 spiro atoms. The lowest BCUT2D eigenvalue weighted by Gasteiger charge is -2.34. The maximum absolute atomic E-state index is 12.2. The molecule has 2 aliphatic rings. The van der Waals surface area contributed by atoms with Crippen molar-refractivity contribution in [2.24, 2.45) is 0 Å². The minimum Gasteiger partial charge on any atom is -0.360 e. The molecule has 1 aromatic rings. The first-order chi connectivity index (χ1) is 10.9. The van der Waals surface area contributed by atoms with Crippen LogP contribution in [-0.4, -0.2) is 73.1 Å². The van der Waals surface area contributed by atoms with Gasteiger partial charge in [0.25, 0.3) is 0 Å². The van der Waals surface area contributed by atoms with Gasteiger partial charge in [0.05, 0.1) is 23.7 Å². The molecule has 23 heavy (non-hydrogen) atoms. The number of hydrogen-bond acceptors (Lipinski definition) is 6. The second kappa shape index (κ2) is 6.48. The molecule has 2 fully saturated rings. The molecule has 0 aromatic carbocycles. The van der Waals surface area contributed by atoms with E-state index in [0.29, 0.717) is 26.1 Å². The Bertz CT molecular complexity index is 664. The molecule has 1 N–H and O–H groups in total. The summed E-state index contributed by atoms with van der Waals surface area (Å²) in [6.07, 6.45) is 0.513. The average molecular weight is 342 g/mol. The Balaban J connectivity index is 1.44. The molecular weight excluding hydrogens is 320 g/mol. The lowest BCUT2D eigenvalue weighted by Crippen LogP contribution is -2.53. The number of urea groups is 1. The fourth-order valence-corrected chi connectivity index (χ4v) is 4.67. The third-order valence-electron chi connectivity index (χ3n) is 4.28. The Hall–Kier alpha value is -1.61. The zero-order valence-corrected chi connectivity index (χ0v) is 14.0. The zero-order valence-electron chi connectivity index (χ0n) is 13.2. The summed E-state index contributed by atoms with van der Waals surface area (Å²) in [4.78, 5) is 16.2. The van der Waals surface area contributed by atoms with Gasteiger partial charge in [-0.2, -0.15) is 0 Å². The van der Waals surface area contributed by atoms with Gasteiger partial charge in [-0.1, -0.05) is 5.16 Å². The third-order valence-corrected chi connectivity index (χ3v) is 6.04. The first-order valence-electron chi connectivity index (χ1n) is 7.82. The smallest absolute Gasteiger partial charge is 0.317 e. The maximum atomic E-state index is 12.2. The number of amides is 2. The number of aryl methyl sites for hydroxylation is 1. The van der Waals surface area contributed by atoms with Crippen molar-refractivity contribution in [3.63, 3.8) is 0 Å². The van der Waals surface area contributed by atoms with E-state index >= 15 is 0 Å². The van der Waals surface area contributed by atoms with E-state index in [2.05, 4.69) is 15.4 Å². The fraction of sp³-hybridized carbons (Fsp3) is 0.714. The van der Waals surface area contributed by atoms with Crippen molar-refractivity contribution in [2.45, 2.75) is 25.9 Å². The summed E-state index contributed by atoms with van der Waals surface area (Å²) in [5.41, 5.74) is 0.865. The van der Waals surface area contributed by atoms with Gasteiger partial charge in [0, 0.05) is 38.3 Å². The highest BCUT2D eigenvalue weighted by Crippen LogP contribution is 2.13. The van der Waals surface area contributed by atoms with Gasteiger partial charge < -0.3 is 14.7 Å². The van der Waals surface area contributed by atoms with E-state index in [-0.39, 0.29) is 23.6 Å². The highest BCUT2D eigenvalue weighted by molar-refractivity contribution is 7.91. The Morgan fingerprint density at radius 3 is 2.70 bits per heavy atom. The topological polar surface area (TPSA) is 95.8 Å². The third kappa shape index (κ3) is 4.23. The molecule has 0 unspecified atom stereocenters.